The molecule has 3 aliphatic rings. The highest BCUT2D eigenvalue weighted by molar-refractivity contribution is 6.05. The fourth-order valence-electron chi connectivity index (χ4n) is 4.99. The minimum atomic E-state index is -0.558. The lowest BCUT2D eigenvalue weighted by atomic mass is 9.89. The molecule has 2 fully saturated rings. The Morgan fingerprint density at radius 2 is 2.03 bits per heavy atom. The molecule has 3 atom stereocenters. The summed E-state index contributed by atoms with van der Waals surface area (Å²) in [6.07, 6.45) is 4.12. The van der Waals surface area contributed by atoms with Crippen molar-refractivity contribution < 1.29 is 14.4 Å². The molecule has 156 valence electrons. The van der Waals surface area contributed by atoms with Crippen LogP contribution in [0.15, 0.2) is 18.2 Å². The zero-order chi connectivity index (χ0) is 20.5. The summed E-state index contributed by atoms with van der Waals surface area (Å²) in [7, 11) is 0. The topological polar surface area (TPSA) is 95.7 Å². The van der Waals surface area contributed by atoms with E-state index in [4.69, 9.17) is 5.73 Å². The van der Waals surface area contributed by atoms with Crippen molar-refractivity contribution in [3.05, 3.63) is 34.9 Å². The van der Waals surface area contributed by atoms with E-state index in [1.165, 1.54) is 12.8 Å². The van der Waals surface area contributed by atoms with Crippen LogP contribution in [-0.4, -0.2) is 52.7 Å². The minimum Gasteiger partial charge on any atom is -0.330 e. The van der Waals surface area contributed by atoms with Crippen LogP contribution in [0, 0.1) is 5.92 Å². The second kappa shape index (κ2) is 8.24. The second-order valence-electron chi connectivity index (χ2n) is 8.68. The molecule has 1 aromatic rings. The van der Waals surface area contributed by atoms with E-state index in [0.29, 0.717) is 24.6 Å². The highest BCUT2D eigenvalue weighted by Gasteiger charge is 2.39. The van der Waals surface area contributed by atoms with Crippen LogP contribution in [-0.2, 0) is 22.7 Å². The van der Waals surface area contributed by atoms with Gasteiger partial charge in [0.15, 0.2) is 0 Å². The number of amides is 3. The lowest BCUT2D eigenvalue weighted by molar-refractivity contribution is -0.136. The van der Waals surface area contributed by atoms with Gasteiger partial charge in [-0.2, -0.15) is 0 Å². The van der Waals surface area contributed by atoms with Gasteiger partial charge in [-0.05, 0) is 68.8 Å². The van der Waals surface area contributed by atoms with Gasteiger partial charge in [-0.15, -0.1) is 0 Å². The smallest absolute Gasteiger partial charge is 0.255 e. The molecule has 0 saturated carbocycles. The van der Waals surface area contributed by atoms with E-state index in [1.807, 2.05) is 12.1 Å². The molecule has 0 aliphatic carbocycles. The molecule has 3 aliphatic heterocycles. The third kappa shape index (κ3) is 4.07. The predicted molar refractivity (Wildman–Crippen MR) is 109 cm³/mol. The zero-order valence-corrected chi connectivity index (χ0v) is 17.0. The van der Waals surface area contributed by atoms with Crippen molar-refractivity contribution in [1.29, 1.82) is 0 Å². The second-order valence-corrected chi connectivity index (χ2v) is 8.68. The number of piperidine rings is 2. The zero-order valence-electron chi connectivity index (χ0n) is 17.0. The maximum absolute atomic E-state index is 13.0. The van der Waals surface area contributed by atoms with E-state index >= 15 is 0 Å². The molecule has 7 heteroatoms. The fourth-order valence-corrected chi connectivity index (χ4v) is 4.99. The molecule has 4 rings (SSSR count). The number of hydrogen-bond donors (Lipinski definition) is 2. The van der Waals surface area contributed by atoms with E-state index in [1.54, 1.807) is 4.90 Å². The molecule has 0 aromatic heterocycles. The highest BCUT2D eigenvalue weighted by atomic mass is 16.2. The van der Waals surface area contributed by atoms with Gasteiger partial charge in [-0.1, -0.05) is 12.1 Å². The summed E-state index contributed by atoms with van der Waals surface area (Å²) >= 11 is 0. The van der Waals surface area contributed by atoms with Crippen LogP contribution in [0.5, 0.6) is 0 Å². The molecule has 0 radical (unpaired) electrons. The lowest BCUT2D eigenvalue weighted by Gasteiger charge is -2.37. The Bertz CT molecular complexity index is 824. The number of nitrogens with zero attached hydrogens (tertiary/aromatic N) is 2. The Morgan fingerprint density at radius 3 is 2.76 bits per heavy atom. The van der Waals surface area contributed by atoms with Gasteiger partial charge in [0.2, 0.25) is 11.8 Å². The normalized spacial score (nSPS) is 27.9. The molecule has 3 heterocycles. The Balaban J connectivity index is 1.43. The Kier molecular flexibility index (Phi) is 5.69. The molecular weight excluding hydrogens is 368 g/mol. The number of hydrogen-bond acceptors (Lipinski definition) is 5. The number of nitrogens with one attached hydrogen (secondary N) is 1. The van der Waals surface area contributed by atoms with Gasteiger partial charge in [0, 0.05) is 31.1 Å². The summed E-state index contributed by atoms with van der Waals surface area (Å²) in [4.78, 5) is 40.7. The van der Waals surface area contributed by atoms with Crippen LogP contribution < -0.4 is 11.1 Å². The third-order valence-corrected chi connectivity index (χ3v) is 6.68. The highest BCUT2D eigenvalue weighted by Crippen LogP contribution is 2.30. The van der Waals surface area contributed by atoms with Gasteiger partial charge >= 0.3 is 0 Å². The third-order valence-electron chi connectivity index (χ3n) is 6.68. The van der Waals surface area contributed by atoms with E-state index in [2.05, 4.69) is 23.2 Å². The van der Waals surface area contributed by atoms with Crippen molar-refractivity contribution in [1.82, 2.24) is 15.1 Å². The van der Waals surface area contributed by atoms with Crippen molar-refractivity contribution in [3.63, 3.8) is 0 Å². The van der Waals surface area contributed by atoms with Crippen molar-refractivity contribution in [2.24, 2.45) is 11.7 Å². The molecule has 3 amide bonds. The maximum Gasteiger partial charge on any atom is 0.255 e. The molecule has 1 aromatic carbocycles. The van der Waals surface area contributed by atoms with Gasteiger partial charge in [-0.25, -0.2) is 0 Å². The standard InChI is InChI=1S/C22H30N4O3/c1-14-10-15(6-8-23)7-9-25(14)12-16-2-3-17-13-26(22(29)18(17)11-16)19-4-5-20(27)24-21(19)28/h2-3,11,14-15,19H,4-10,12-13,23H2,1H3,(H,24,27,28). The quantitative estimate of drug-likeness (QED) is 0.731. The number of carbonyl (C=O) groups excluding carboxylic acids is 3. The monoisotopic (exact) mass is 398 g/mol. The average molecular weight is 399 g/mol. The number of carbonyl (C=O) groups is 3. The van der Waals surface area contributed by atoms with Gasteiger partial charge in [0.25, 0.3) is 5.91 Å². The molecule has 0 spiro atoms. The van der Waals surface area contributed by atoms with E-state index in [9.17, 15) is 14.4 Å². The number of imide groups is 1. The molecule has 0 bridgehead atoms. The first-order valence-corrected chi connectivity index (χ1v) is 10.7. The molecule has 2 saturated heterocycles. The minimum absolute atomic E-state index is 0.106. The molecule has 29 heavy (non-hydrogen) atoms. The van der Waals surface area contributed by atoms with E-state index in [-0.39, 0.29) is 24.1 Å². The number of benzene rings is 1. The van der Waals surface area contributed by atoms with E-state index < -0.39 is 6.04 Å². The van der Waals surface area contributed by atoms with Crippen molar-refractivity contribution in [2.75, 3.05) is 13.1 Å². The first kappa shape index (κ1) is 20.0. The van der Waals surface area contributed by atoms with Crippen LogP contribution in [0.25, 0.3) is 0 Å². The summed E-state index contributed by atoms with van der Waals surface area (Å²) in [5.41, 5.74) is 8.50. The Morgan fingerprint density at radius 1 is 1.21 bits per heavy atom. The first-order valence-electron chi connectivity index (χ1n) is 10.7. The van der Waals surface area contributed by atoms with Crippen LogP contribution in [0.4, 0.5) is 0 Å². The van der Waals surface area contributed by atoms with Gasteiger partial charge in [0.1, 0.15) is 6.04 Å². The van der Waals surface area contributed by atoms with Crippen molar-refractivity contribution in [3.8, 4) is 0 Å². The summed E-state index contributed by atoms with van der Waals surface area (Å²) in [6.45, 7) is 5.34. The maximum atomic E-state index is 13.0. The summed E-state index contributed by atoms with van der Waals surface area (Å²) in [6, 6.07) is 6.04. The first-order chi connectivity index (χ1) is 14.0. The van der Waals surface area contributed by atoms with Crippen LogP contribution in [0.2, 0.25) is 0 Å². The molecule has 7 nitrogen and oxygen atoms in total. The Hall–Kier alpha value is -2.25. The average Bonchev–Trinajstić information content (AvgIpc) is 3.00. The number of likely N-dealkylation sites (tertiary alicyclic amines) is 1. The summed E-state index contributed by atoms with van der Waals surface area (Å²) < 4.78 is 0. The van der Waals surface area contributed by atoms with E-state index in [0.717, 1.165) is 43.1 Å². The summed E-state index contributed by atoms with van der Waals surface area (Å²) in [5.74, 6) is -0.0140. The van der Waals surface area contributed by atoms with Crippen LogP contribution >= 0.6 is 0 Å². The molecule has 3 unspecified atom stereocenters. The predicted octanol–water partition coefficient (Wildman–Crippen LogP) is 1.40. The lowest BCUT2D eigenvalue weighted by Crippen LogP contribution is -2.52. The SMILES string of the molecule is CC1CC(CCN)CCN1Cc1ccc2c(c1)C(=O)N(C1CCC(=O)NC1=O)C2. The van der Waals surface area contributed by atoms with Crippen molar-refractivity contribution in [2.45, 2.75) is 64.2 Å². The molecular formula is C22H30N4O3. The Labute approximate surface area is 171 Å². The molecule has 3 N–H and O–H groups in total. The van der Waals surface area contributed by atoms with Crippen molar-refractivity contribution >= 4 is 17.7 Å². The van der Waals surface area contributed by atoms with Gasteiger partial charge in [0.05, 0.1) is 0 Å². The number of fused-ring (bicyclic) bond motifs is 1. The van der Waals surface area contributed by atoms with Gasteiger partial charge < -0.3 is 10.6 Å². The fraction of sp³-hybridized carbons (Fsp3) is 0.591. The van der Waals surface area contributed by atoms with Crippen LogP contribution in [0.3, 0.4) is 0 Å². The number of nitrogens with two attached hydrogens (primary N) is 1. The van der Waals surface area contributed by atoms with Crippen LogP contribution in [0.1, 0.15) is 60.5 Å². The number of rotatable bonds is 5. The largest absolute Gasteiger partial charge is 0.330 e. The van der Waals surface area contributed by atoms with Gasteiger partial charge in [-0.3, -0.25) is 24.6 Å². The summed E-state index contributed by atoms with van der Waals surface area (Å²) in [5, 5.41) is 2.35.